The van der Waals surface area contributed by atoms with E-state index in [9.17, 15) is 9.90 Å². The molecule has 0 heterocycles. The Morgan fingerprint density at radius 2 is 2.00 bits per heavy atom. The van der Waals surface area contributed by atoms with Crippen LogP contribution in [0.5, 0.6) is 0 Å². The van der Waals surface area contributed by atoms with Crippen LogP contribution >= 0.6 is 23.2 Å². The first-order valence-electron chi connectivity index (χ1n) is 5.67. The Morgan fingerprint density at radius 1 is 1.39 bits per heavy atom. The number of anilines is 1. The van der Waals surface area contributed by atoms with Crippen LogP contribution in [0.2, 0.25) is 10.0 Å². The van der Waals surface area contributed by atoms with Gasteiger partial charge in [0.2, 0.25) is 5.91 Å². The lowest BCUT2D eigenvalue weighted by Gasteiger charge is -2.11. The number of aliphatic hydroxyl groups excluding tert-OH is 1. The molecular weight excluding hydrogens is 275 g/mol. The molecule has 18 heavy (non-hydrogen) atoms. The van der Waals surface area contributed by atoms with Crippen LogP contribution in [0, 0.1) is 0 Å². The number of aliphatic hydroxyl groups is 1. The van der Waals surface area contributed by atoms with Crippen LogP contribution in [-0.2, 0) is 4.79 Å². The van der Waals surface area contributed by atoms with Gasteiger partial charge in [-0.25, -0.2) is 0 Å². The molecule has 1 aromatic carbocycles. The molecule has 0 aliphatic carbocycles. The van der Waals surface area contributed by atoms with Crippen LogP contribution in [0.4, 0.5) is 5.69 Å². The van der Waals surface area contributed by atoms with Gasteiger partial charge < -0.3 is 15.7 Å². The minimum absolute atomic E-state index is 0.0958. The molecule has 0 fully saturated rings. The lowest BCUT2D eigenvalue weighted by molar-refractivity contribution is -0.115. The standard InChI is InChI=1S/C12H16Cl2N2O2/c1-2-8(17)6-15-7-11(18)16-12-9(13)4-3-5-10(12)14/h3-5,8,15,17H,2,6-7H2,1H3,(H,16,18). The number of nitrogens with one attached hydrogen (secondary N) is 2. The average molecular weight is 291 g/mol. The molecule has 1 amide bonds. The van der Waals surface area contributed by atoms with E-state index in [4.69, 9.17) is 23.2 Å². The van der Waals surface area contributed by atoms with Crippen LogP contribution in [0.1, 0.15) is 13.3 Å². The van der Waals surface area contributed by atoms with E-state index in [1.165, 1.54) is 0 Å². The van der Waals surface area contributed by atoms with Crippen molar-refractivity contribution in [1.29, 1.82) is 0 Å². The molecule has 1 rings (SSSR count). The van der Waals surface area contributed by atoms with Crippen molar-refractivity contribution in [3.8, 4) is 0 Å². The smallest absolute Gasteiger partial charge is 0.238 e. The van der Waals surface area contributed by atoms with Crippen LogP contribution in [0.3, 0.4) is 0 Å². The molecule has 0 aliphatic heterocycles. The zero-order chi connectivity index (χ0) is 13.5. The summed E-state index contributed by atoms with van der Waals surface area (Å²) in [7, 11) is 0. The number of hydrogen-bond donors (Lipinski definition) is 3. The van der Waals surface area contributed by atoms with Gasteiger partial charge in [-0.1, -0.05) is 36.2 Å². The normalized spacial score (nSPS) is 12.2. The lowest BCUT2D eigenvalue weighted by atomic mass is 10.3. The van der Waals surface area contributed by atoms with Crippen molar-refractivity contribution < 1.29 is 9.90 Å². The number of carbonyl (C=O) groups is 1. The van der Waals surface area contributed by atoms with Gasteiger partial charge in [0, 0.05) is 6.54 Å². The van der Waals surface area contributed by atoms with Crippen molar-refractivity contribution in [2.24, 2.45) is 0 Å². The summed E-state index contributed by atoms with van der Waals surface area (Å²) >= 11 is 11.8. The third-order valence-corrected chi connectivity index (χ3v) is 2.99. The fourth-order valence-electron chi connectivity index (χ4n) is 1.30. The fraction of sp³-hybridized carbons (Fsp3) is 0.417. The lowest BCUT2D eigenvalue weighted by Crippen LogP contribution is -2.33. The summed E-state index contributed by atoms with van der Waals surface area (Å²) in [4.78, 5) is 11.6. The van der Waals surface area contributed by atoms with Crippen LogP contribution < -0.4 is 10.6 Å². The van der Waals surface area contributed by atoms with Gasteiger partial charge >= 0.3 is 0 Å². The van der Waals surface area contributed by atoms with E-state index in [1.807, 2.05) is 6.92 Å². The SMILES string of the molecule is CCC(O)CNCC(=O)Nc1c(Cl)cccc1Cl. The second-order valence-electron chi connectivity index (χ2n) is 3.84. The number of hydrogen-bond acceptors (Lipinski definition) is 3. The summed E-state index contributed by atoms with van der Waals surface area (Å²) in [5.74, 6) is -0.256. The summed E-state index contributed by atoms with van der Waals surface area (Å²) in [6.45, 7) is 2.34. The molecule has 3 N–H and O–H groups in total. The van der Waals surface area contributed by atoms with Gasteiger partial charge in [0.25, 0.3) is 0 Å². The van der Waals surface area contributed by atoms with Gasteiger partial charge in [-0.05, 0) is 18.6 Å². The Bertz CT molecular complexity index is 393. The van der Waals surface area contributed by atoms with E-state index in [0.717, 1.165) is 0 Å². The Kier molecular flexibility index (Phi) is 6.43. The van der Waals surface area contributed by atoms with Crippen molar-refractivity contribution in [2.75, 3.05) is 18.4 Å². The summed E-state index contributed by atoms with van der Waals surface area (Å²) in [5, 5.41) is 15.6. The maximum atomic E-state index is 11.6. The van der Waals surface area contributed by atoms with Crippen molar-refractivity contribution in [3.63, 3.8) is 0 Å². The van der Waals surface area contributed by atoms with E-state index in [2.05, 4.69) is 10.6 Å². The molecule has 0 saturated heterocycles. The van der Waals surface area contributed by atoms with Crippen LogP contribution in [-0.4, -0.2) is 30.2 Å². The molecule has 0 bridgehead atoms. The third kappa shape index (κ3) is 4.82. The van der Waals surface area contributed by atoms with Crippen LogP contribution in [0.15, 0.2) is 18.2 Å². The molecule has 0 aliphatic rings. The maximum absolute atomic E-state index is 11.6. The Morgan fingerprint density at radius 3 is 2.56 bits per heavy atom. The first kappa shape index (κ1) is 15.2. The highest BCUT2D eigenvalue weighted by Crippen LogP contribution is 2.29. The quantitative estimate of drug-likeness (QED) is 0.753. The molecule has 0 aromatic heterocycles. The minimum atomic E-state index is -0.443. The molecule has 1 aromatic rings. The van der Waals surface area contributed by atoms with Crippen molar-refractivity contribution >= 4 is 34.8 Å². The molecule has 1 atom stereocenters. The Balaban J connectivity index is 2.45. The number of para-hydroxylation sites is 1. The second-order valence-corrected chi connectivity index (χ2v) is 4.65. The monoisotopic (exact) mass is 290 g/mol. The average Bonchev–Trinajstić information content (AvgIpc) is 2.34. The highest BCUT2D eigenvalue weighted by Gasteiger charge is 2.09. The predicted molar refractivity (Wildman–Crippen MR) is 74.3 cm³/mol. The van der Waals surface area contributed by atoms with Crippen molar-refractivity contribution in [1.82, 2.24) is 5.32 Å². The largest absolute Gasteiger partial charge is 0.392 e. The van der Waals surface area contributed by atoms with Gasteiger partial charge in [0.1, 0.15) is 0 Å². The van der Waals surface area contributed by atoms with Gasteiger partial charge in [0.15, 0.2) is 0 Å². The second kappa shape index (κ2) is 7.59. The zero-order valence-electron chi connectivity index (χ0n) is 10.0. The molecule has 4 nitrogen and oxygen atoms in total. The highest BCUT2D eigenvalue weighted by atomic mass is 35.5. The number of amides is 1. The zero-order valence-corrected chi connectivity index (χ0v) is 11.6. The predicted octanol–water partition coefficient (Wildman–Crippen LogP) is 2.29. The van der Waals surface area contributed by atoms with Gasteiger partial charge in [-0.3, -0.25) is 4.79 Å². The molecule has 6 heteroatoms. The Hall–Kier alpha value is -0.810. The topological polar surface area (TPSA) is 61.4 Å². The molecule has 100 valence electrons. The first-order chi connectivity index (χ1) is 8.54. The molecule has 0 radical (unpaired) electrons. The summed E-state index contributed by atoms with van der Waals surface area (Å²) < 4.78 is 0. The fourth-order valence-corrected chi connectivity index (χ4v) is 1.79. The Labute approximate surface area is 116 Å². The first-order valence-corrected chi connectivity index (χ1v) is 6.42. The van der Waals surface area contributed by atoms with E-state index >= 15 is 0 Å². The molecule has 1 unspecified atom stereocenters. The molecule has 0 saturated carbocycles. The van der Waals surface area contributed by atoms with E-state index in [-0.39, 0.29) is 12.5 Å². The summed E-state index contributed by atoms with van der Waals surface area (Å²) in [6.07, 6.45) is 0.201. The van der Waals surface area contributed by atoms with E-state index < -0.39 is 6.10 Å². The van der Waals surface area contributed by atoms with Gasteiger partial charge in [-0.2, -0.15) is 0 Å². The molecule has 0 spiro atoms. The number of benzene rings is 1. The number of carbonyl (C=O) groups excluding carboxylic acids is 1. The number of halogens is 2. The summed E-state index contributed by atoms with van der Waals surface area (Å²) in [6, 6.07) is 5.00. The van der Waals surface area contributed by atoms with Crippen molar-refractivity contribution in [3.05, 3.63) is 28.2 Å². The van der Waals surface area contributed by atoms with Crippen LogP contribution in [0.25, 0.3) is 0 Å². The highest BCUT2D eigenvalue weighted by molar-refractivity contribution is 6.39. The van der Waals surface area contributed by atoms with Gasteiger partial charge in [0.05, 0.1) is 28.4 Å². The number of rotatable bonds is 6. The van der Waals surface area contributed by atoms with E-state index in [0.29, 0.717) is 28.7 Å². The van der Waals surface area contributed by atoms with Crippen molar-refractivity contribution in [2.45, 2.75) is 19.4 Å². The van der Waals surface area contributed by atoms with Gasteiger partial charge in [-0.15, -0.1) is 0 Å². The third-order valence-electron chi connectivity index (χ3n) is 2.36. The maximum Gasteiger partial charge on any atom is 0.238 e. The molecular formula is C12H16Cl2N2O2. The summed E-state index contributed by atoms with van der Waals surface area (Å²) in [5.41, 5.74) is 0.406. The van der Waals surface area contributed by atoms with E-state index in [1.54, 1.807) is 18.2 Å². The minimum Gasteiger partial charge on any atom is -0.392 e.